The van der Waals surface area contributed by atoms with Crippen LogP contribution in [-0.2, 0) is 35.7 Å². The van der Waals surface area contributed by atoms with Gasteiger partial charge in [0.15, 0.2) is 5.78 Å². The number of nitrogens with zero attached hydrogens (tertiary/aromatic N) is 2. The Bertz CT molecular complexity index is 1380. The maximum absolute atomic E-state index is 13.1. The van der Waals surface area contributed by atoms with Gasteiger partial charge in [0, 0.05) is 24.1 Å². The largest absolute Gasteiger partial charge is 0.489 e. The van der Waals surface area contributed by atoms with Crippen molar-refractivity contribution >= 4 is 17.5 Å². The molecule has 3 aromatic rings. The van der Waals surface area contributed by atoms with E-state index in [2.05, 4.69) is 59.5 Å². The van der Waals surface area contributed by atoms with Crippen LogP contribution in [0.3, 0.4) is 0 Å². The highest BCUT2D eigenvalue weighted by atomic mass is 16.5. The normalized spacial score (nSPS) is 20.1. The average Bonchev–Trinajstić information content (AvgIpc) is 3.31. The molecule has 1 saturated carbocycles. The Balaban J connectivity index is 1.01. The molecule has 1 saturated heterocycles. The fraction of sp³-hybridized carbons (Fsp3) is 0.382. The first-order valence-electron chi connectivity index (χ1n) is 14.5. The van der Waals surface area contributed by atoms with E-state index >= 15 is 0 Å². The SMILES string of the molecule is O=C1CCC(N2Cc3c(OCc4ccc(CN5CCC(Cc6ccccc6)CC5)cc4)cccc3C2=O)C(=O)C1. The number of carbonyl (C=O) groups excluding carboxylic acids is 3. The van der Waals surface area contributed by atoms with Crippen LogP contribution >= 0.6 is 0 Å². The van der Waals surface area contributed by atoms with Gasteiger partial charge in [0.25, 0.3) is 5.91 Å². The Labute approximate surface area is 235 Å². The van der Waals surface area contributed by atoms with E-state index in [-0.39, 0.29) is 23.9 Å². The summed E-state index contributed by atoms with van der Waals surface area (Å²) in [5.74, 6) is 1.10. The molecule has 206 valence electrons. The van der Waals surface area contributed by atoms with E-state index in [1.165, 1.54) is 30.4 Å². The van der Waals surface area contributed by atoms with Crippen LogP contribution in [0.1, 0.15) is 64.7 Å². The number of Topliss-reactive ketones (excluding diaryl/α,β-unsaturated/α-hetero) is 2. The van der Waals surface area contributed by atoms with E-state index in [9.17, 15) is 14.4 Å². The molecule has 40 heavy (non-hydrogen) atoms. The number of benzene rings is 3. The van der Waals surface area contributed by atoms with Crippen LogP contribution < -0.4 is 4.74 Å². The van der Waals surface area contributed by atoms with Gasteiger partial charge in [0.1, 0.15) is 18.1 Å². The third-order valence-electron chi connectivity index (χ3n) is 8.67. The van der Waals surface area contributed by atoms with E-state index in [1.54, 1.807) is 11.0 Å². The predicted molar refractivity (Wildman–Crippen MR) is 153 cm³/mol. The number of fused-ring (bicyclic) bond motifs is 1. The fourth-order valence-electron chi connectivity index (χ4n) is 6.36. The lowest BCUT2D eigenvalue weighted by Crippen LogP contribution is -2.44. The zero-order valence-electron chi connectivity index (χ0n) is 22.9. The van der Waals surface area contributed by atoms with Crippen LogP contribution in [-0.4, -0.2) is 46.4 Å². The second-order valence-electron chi connectivity index (χ2n) is 11.5. The number of hydrogen-bond acceptors (Lipinski definition) is 5. The molecule has 1 aliphatic carbocycles. The van der Waals surface area contributed by atoms with Gasteiger partial charge < -0.3 is 9.64 Å². The van der Waals surface area contributed by atoms with Crippen molar-refractivity contribution in [1.82, 2.24) is 9.80 Å². The van der Waals surface area contributed by atoms with Crippen LogP contribution in [0.15, 0.2) is 72.8 Å². The van der Waals surface area contributed by atoms with Gasteiger partial charge in [0.2, 0.25) is 0 Å². The fourth-order valence-corrected chi connectivity index (χ4v) is 6.36. The molecule has 0 spiro atoms. The maximum Gasteiger partial charge on any atom is 0.255 e. The molecule has 2 heterocycles. The standard InChI is InChI=1S/C34H36N2O4/c37-28-13-14-31(32(38)20-28)36-22-30-29(34(36)39)7-4-8-33(30)40-23-27-11-9-26(10-12-27)21-35-17-15-25(16-18-35)19-24-5-2-1-3-6-24/h1-12,25,31H,13-23H2. The highest BCUT2D eigenvalue weighted by Gasteiger charge is 2.40. The number of piperidine rings is 1. The first kappa shape index (κ1) is 26.5. The molecule has 3 aromatic carbocycles. The van der Waals surface area contributed by atoms with E-state index in [0.29, 0.717) is 37.3 Å². The second-order valence-corrected chi connectivity index (χ2v) is 11.5. The molecule has 0 bridgehead atoms. The van der Waals surface area contributed by atoms with Crippen molar-refractivity contribution in [3.05, 3.63) is 101 Å². The number of rotatable bonds is 8. The molecule has 2 aliphatic heterocycles. The number of ether oxygens (including phenoxy) is 1. The lowest BCUT2D eigenvalue weighted by Gasteiger charge is -2.32. The van der Waals surface area contributed by atoms with E-state index in [0.717, 1.165) is 36.7 Å². The molecule has 0 N–H and O–H groups in total. The summed E-state index contributed by atoms with van der Waals surface area (Å²) in [6.45, 7) is 4.00. The number of carbonyl (C=O) groups is 3. The molecule has 6 rings (SSSR count). The number of likely N-dealkylation sites (tertiary alicyclic amines) is 1. The quantitative estimate of drug-likeness (QED) is 0.362. The van der Waals surface area contributed by atoms with Gasteiger partial charge in [-0.15, -0.1) is 0 Å². The molecule has 1 unspecified atom stereocenters. The molecule has 3 aliphatic rings. The number of ketones is 2. The van der Waals surface area contributed by atoms with Crippen molar-refractivity contribution in [2.45, 2.75) is 64.3 Å². The second kappa shape index (κ2) is 11.8. The first-order chi connectivity index (χ1) is 19.5. The Morgan fingerprint density at radius 3 is 2.27 bits per heavy atom. The third-order valence-corrected chi connectivity index (χ3v) is 8.67. The van der Waals surface area contributed by atoms with E-state index in [1.807, 2.05) is 12.1 Å². The van der Waals surface area contributed by atoms with Gasteiger partial charge in [-0.2, -0.15) is 0 Å². The maximum atomic E-state index is 13.1. The minimum absolute atomic E-state index is 0.0381. The molecule has 1 atom stereocenters. The van der Waals surface area contributed by atoms with Crippen LogP contribution in [0.4, 0.5) is 0 Å². The topological polar surface area (TPSA) is 66.9 Å². The van der Waals surface area contributed by atoms with Crippen molar-refractivity contribution in [3.8, 4) is 5.75 Å². The Morgan fingerprint density at radius 1 is 0.775 bits per heavy atom. The smallest absolute Gasteiger partial charge is 0.255 e. The molecule has 6 heteroatoms. The van der Waals surface area contributed by atoms with Gasteiger partial charge in [-0.25, -0.2) is 0 Å². The Morgan fingerprint density at radius 2 is 1.52 bits per heavy atom. The van der Waals surface area contributed by atoms with Crippen molar-refractivity contribution in [2.75, 3.05) is 13.1 Å². The van der Waals surface area contributed by atoms with E-state index < -0.39 is 6.04 Å². The van der Waals surface area contributed by atoms with Crippen LogP contribution in [0.2, 0.25) is 0 Å². The van der Waals surface area contributed by atoms with Crippen molar-refractivity contribution in [3.63, 3.8) is 0 Å². The van der Waals surface area contributed by atoms with Crippen LogP contribution in [0.5, 0.6) is 5.75 Å². The third kappa shape index (κ3) is 5.87. The molecule has 1 amide bonds. The summed E-state index contributed by atoms with van der Waals surface area (Å²) in [6, 6.07) is 24.4. The molecule has 2 fully saturated rings. The summed E-state index contributed by atoms with van der Waals surface area (Å²) in [5.41, 5.74) is 5.24. The minimum atomic E-state index is -0.521. The molecular weight excluding hydrogens is 500 g/mol. The highest BCUT2D eigenvalue weighted by Crippen LogP contribution is 2.34. The Kier molecular flexibility index (Phi) is 7.78. The lowest BCUT2D eigenvalue weighted by molar-refractivity contribution is -0.133. The van der Waals surface area contributed by atoms with Gasteiger partial charge >= 0.3 is 0 Å². The first-order valence-corrected chi connectivity index (χ1v) is 14.5. The predicted octanol–water partition coefficient (Wildman–Crippen LogP) is 5.37. The summed E-state index contributed by atoms with van der Waals surface area (Å²) in [6.07, 6.45) is 4.36. The monoisotopic (exact) mass is 536 g/mol. The molecular formula is C34H36N2O4. The zero-order chi connectivity index (χ0) is 27.5. The van der Waals surface area contributed by atoms with Gasteiger partial charge in [-0.05, 0) is 73.5 Å². The average molecular weight is 537 g/mol. The van der Waals surface area contributed by atoms with Gasteiger partial charge in [-0.3, -0.25) is 19.3 Å². The van der Waals surface area contributed by atoms with Gasteiger partial charge in [0.05, 0.1) is 19.0 Å². The molecule has 0 radical (unpaired) electrons. The Hall–Kier alpha value is -3.77. The minimum Gasteiger partial charge on any atom is -0.489 e. The summed E-state index contributed by atoms with van der Waals surface area (Å²) >= 11 is 0. The number of hydrogen-bond donors (Lipinski definition) is 0. The molecule has 6 nitrogen and oxygen atoms in total. The van der Waals surface area contributed by atoms with Crippen LogP contribution in [0.25, 0.3) is 0 Å². The highest BCUT2D eigenvalue weighted by molar-refractivity contribution is 6.07. The number of amides is 1. The van der Waals surface area contributed by atoms with Crippen molar-refractivity contribution < 1.29 is 19.1 Å². The van der Waals surface area contributed by atoms with Gasteiger partial charge in [-0.1, -0.05) is 60.7 Å². The summed E-state index contributed by atoms with van der Waals surface area (Å²) in [5, 5.41) is 0. The summed E-state index contributed by atoms with van der Waals surface area (Å²) in [4.78, 5) is 41.4. The summed E-state index contributed by atoms with van der Waals surface area (Å²) in [7, 11) is 0. The lowest BCUT2D eigenvalue weighted by atomic mass is 9.90. The van der Waals surface area contributed by atoms with Crippen molar-refractivity contribution in [2.24, 2.45) is 5.92 Å². The molecule has 0 aromatic heterocycles. The van der Waals surface area contributed by atoms with Crippen molar-refractivity contribution in [1.29, 1.82) is 0 Å². The zero-order valence-corrected chi connectivity index (χ0v) is 22.9. The van der Waals surface area contributed by atoms with E-state index in [4.69, 9.17) is 4.74 Å². The summed E-state index contributed by atoms with van der Waals surface area (Å²) < 4.78 is 6.18. The van der Waals surface area contributed by atoms with Crippen LogP contribution in [0, 0.1) is 5.92 Å².